The van der Waals surface area contributed by atoms with Crippen molar-refractivity contribution in [3.05, 3.63) is 77.2 Å². The van der Waals surface area contributed by atoms with Crippen LogP contribution in [0.3, 0.4) is 0 Å². The number of carbonyl (C=O) groups is 1. The van der Waals surface area contributed by atoms with E-state index in [0.717, 1.165) is 29.5 Å². The zero-order valence-electron chi connectivity index (χ0n) is 17.3. The van der Waals surface area contributed by atoms with Crippen LogP contribution < -0.4 is 16.2 Å². The van der Waals surface area contributed by atoms with Gasteiger partial charge in [0.25, 0.3) is 11.5 Å². The molecular weight excluding hydrogens is 404 g/mol. The average molecular weight is 426 g/mol. The highest BCUT2D eigenvalue weighted by Crippen LogP contribution is 2.27. The minimum absolute atomic E-state index is 0.0606. The molecule has 3 aromatic heterocycles. The van der Waals surface area contributed by atoms with E-state index in [1.165, 1.54) is 19.2 Å². The predicted octanol–water partition coefficient (Wildman–Crippen LogP) is 3.80. The zero-order valence-corrected chi connectivity index (χ0v) is 17.3. The molecule has 3 N–H and O–H groups in total. The van der Waals surface area contributed by atoms with E-state index in [9.17, 15) is 9.59 Å². The number of pyridine rings is 2. The van der Waals surface area contributed by atoms with Crippen LogP contribution in [0.1, 0.15) is 36.0 Å². The van der Waals surface area contributed by atoms with Crippen LogP contribution in [0.2, 0.25) is 0 Å². The maximum atomic E-state index is 12.5. The van der Waals surface area contributed by atoms with Gasteiger partial charge in [0.2, 0.25) is 0 Å². The van der Waals surface area contributed by atoms with Crippen LogP contribution in [-0.2, 0) is 0 Å². The van der Waals surface area contributed by atoms with E-state index >= 15 is 0 Å². The van der Waals surface area contributed by atoms with Crippen molar-refractivity contribution in [2.75, 3.05) is 5.32 Å². The van der Waals surface area contributed by atoms with E-state index in [0.29, 0.717) is 22.5 Å². The van der Waals surface area contributed by atoms with Crippen LogP contribution in [0, 0.1) is 0 Å². The van der Waals surface area contributed by atoms with Gasteiger partial charge in [-0.05, 0) is 54.6 Å². The first-order valence-corrected chi connectivity index (χ1v) is 10.6. The van der Waals surface area contributed by atoms with E-state index in [1.54, 1.807) is 30.7 Å². The molecule has 1 saturated carbocycles. The third kappa shape index (κ3) is 4.07. The second-order valence-electron chi connectivity index (χ2n) is 7.91. The lowest BCUT2D eigenvalue weighted by molar-refractivity contribution is 0.0938. The largest absolute Gasteiger partial charge is 0.349 e. The SMILES string of the molecule is O=C(NC1CCCC1)c1ccc(Nc2nc(-c3cncnc3)cc3cc[nH]c(=O)c23)cc1. The van der Waals surface area contributed by atoms with E-state index < -0.39 is 0 Å². The Bertz CT molecular complexity index is 1310. The molecule has 1 fully saturated rings. The van der Waals surface area contributed by atoms with Gasteiger partial charge in [0.15, 0.2) is 0 Å². The molecule has 4 aromatic rings. The predicted molar refractivity (Wildman–Crippen MR) is 123 cm³/mol. The molecule has 0 radical (unpaired) electrons. The monoisotopic (exact) mass is 426 g/mol. The highest BCUT2D eigenvalue weighted by atomic mass is 16.1. The maximum absolute atomic E-state index is 12.5. The van der Waals surface area contributed by atoms with Crippen LogP contribution in [0.5, 0.6) is 0 Å². The Hall–Kier alpha value is -4.07. The number of H-pyrrole nitrogens is 1. The molecule has 3 heterocycles. The molecule has 0 atom stereocenters. The second-order valence-corrected chi connectivity index (χ2v) is 7.91. The zero-order chi connectivity index (χ0) is 21.9. The molecule has 8 heteroatoms. The molecule has 0 unspecified atom stereocenters. The number of fused-ring (bicyclic) bond motifs is 1. The Balaban J connectivity index is 1.45. The fraction of sp³-hybridized carbons (Fsp3) is 0.208. The highest BCUT2D eigenvalue weighted by Gasteiger charge is 2.18. The second kappa shape index (κ2) is 8.58. The van der Waals surface area contributed by atoms with Gasteiger partial charge in [0.05, 0.1) is 11.1 Å². The van der Waals surface area contributed by atoms with E-state index in [2.05, 4.69) is 30.6 Å². The minimum atomic E-state index is -0.235. The number of rotatable bonds is 5. The Labute approximate surface area is 184 Å². The molecule has 1 aliphatic carbocycles. The lowest BCUT2D eigenvalue weighted by Crippen LogP contribution is -2.32. The Kier molecular flexibility index (Phi) is 5.33. The number of anilines is 2. The third-order valence-electron chi connectivity index (χ3n) is 5.71. The summed E-state index contributed by atoms with van der Waals surface area (Å²) in [6, 6.07) is 11.1. The fourth-order valence-corrected chi connectivity index (χ4v) is 4.06. The van der Waals surface area contributed by atoms with Gasteiger partial charge in [0.1, 0.15) is 12.1 Å². The van der Waals surface area contributed by atoms with Crippen LogP contribution in [-0.4, -0.2) is 31.9 Å². The summed E-state index contributed by atoms with van der Waals surface area (Å²) >= 11 is 0. The number of hydrogen-bond donors (Lipinski definition) is 3. The topological polar surface area (TPSA) is 113 Å². The van der Waals surface area contributed by atoms with Crippen molar-refractivity contribution < 1.29 is 4.79 Å². The quantitative estimate of drug-likeness (QED) is 0.447. The third-order valence-corrected chi connectivity index (χ3v) is 5.71. The van der Waals surface area contributed by atoms with Crippen molar-refractivity contribution >= 4 is 28.2 Å². The van der Waals surface area contributed by atoms with Crippen molar-refractivity contribution in [3.8, 4) is 11.3 Å². The van der Waals surface area contributed by atoms with Gasteiger partial charge < -0.3 is 15.6 Å². The van der Waals surface area contributed by atoms with Crippen LogP contribution in [0.15, 0.2) is 66.1 Å². The van der Waals surface area contributed by atoms with E-state index in [4.69, 9.17) is 0 Å². The van der Waals surface area contributed by atoms with Gasteiger partial charge >= 0.3 is 0 Å². The molecule has 160 valence electrons. The average Bonchev–Trinajstić information content (AvgIpc) is 3.33. The lowest BCUT2D eigenvalue weighted by atomic mass is 10.1. The van der Waals surface area contributed by atoms with Crippen molar-refractivity contribution in [3.63, 3.8) is 0 Å². The summed E-state index contributed by atoms with van der Waals surface area (Å²) in [5.41, 5.74) is 2.49. The minimum Gasteiger partial charge on any atom is -0.349 e. The van der Waals surface area contributed by atoms with Gasteiger partial charge in [0, 0.05) is 41.4 Å². The Morgan fingerprint density at radius 2 is 1.78 bits per heavy atom. The van der Waals surface area contributed by atoms with Gasteiger partial charge in [-0.3, -0.25) is 9.59 Å². The Morgan fingerprint density at radius 1 is 1.03 bits per heavy atom. The first-order valence-electron chi connectivity index (χ1n) is 10.6. The van der Waals surface area contributed by atoms with Gasteiger partial charge in [-0.15, -0.1) is 0 Å². The summed E-state index contributed by atoms with van der Waals surface area (Å²) in [6.45, 7) is 0. The van der Waals surface area contributed by atoms with Gasteiger partial charge in [-0.1, -0.05) is 12.8 Å². The number of amides is 1. The number of benzene rings is 1. The highest BCUT2D eigenvalue weighted by molar-refractivity contribution is 5.96. The van der Waals surface area contributed by atoms with Crippen LogP contribution >= 0.6 is 0 Å². The molecule has 0 spiro atoms. The van der Waals surface area contributed by atoms with Crippen LogP contribution in [0.4, 0.5) is 11.5 Å². The summed E-state index contributed by atoms with van der Waals surface area (Å²) in [4.78, 5) is 40.5. The number of nitrogens with zero attached hydrogens (tertiary/aromatic N) is 3. The molecular formula is C24H22N6O2. The van der Waals surface area contributed by atoms with Crippen molar-refractivity contribution in [1.29, 1.82) is 0 Å². The Morgan fingerprint density at radius 3 is 2.53 bits per heavy atom. The molecule has 1 aliphatic rings. The van der Waals surface area contributed by atoms with Crippen LogP contribution in [0.25, 0.3) is 22.0 Å². The summed E-state index contributed by atoms with van der Waals surface area (Å²) in [5, 5.41) is 7.53. The van der Waals surface area contributed by atoms with Crippen molar-refractivity contribution in [2.45, 2.75) is 31.7 Å². The molecule has 0 bridgehead atoms. The van der Waals surface area contributed by atoms with E-state index in [1.807, 2.05) is 24.3 Å². The molecule has 1 aromatic carbocycles. The lowest BCUT2D eigenvalue weighted by Gasteiger charge is -2.13. The fourth-order valence-electron chi connectivity index (χ4n) is 4.06. The smallest absolute Gasteiger partial charge is 0.259 e. The van der Waals surface area contributed by atoms with Gasteiger partial charge in [-0.2, -0.15) is 0 Å². The van der Waals surface area contributed by atoms with Crippen molar-refractivity contribution in [2.24, 2.45) is 0 Å². The van der Waals surface area contributed by atoms with E-state index in [-0.39, 0.29) is 17.5 Å². The maximum Gasteiger partial charge on any atom is 0.259 e. The number of carbonyl (C=O) groups excluding carboxylic acids is 1. The molecule has 5 rings (SSSR count). The van der Waals surface area contributed by atoms with Gasteiger partial charge in [-0.25, -0.2) is 15.0 Å². The summed E-state index contributed by atoms with van der Waals surface area (Å²) in [7, 11) is 0. The first-order chi connectivity index (χ1) is 15.7. The first kappa shape index (κ1) is 19.9. The summed E-state index contributed by atoms with van der Waals surface area (Å²) in [6.07, 6.45) is 10.8. The number of nitrogens with one attached hydrogen (secondary N) is 3. The molecule has 0 aliphatic heterocycles. The van der Waals surface area contributed by atoms with Crippen molar-refractivity contribution in [1.82, 2.24) is 25.3 Å². The normalized spacial score (nSPS) is 13.9. The number of aromatic amines is 1. The molecule has 1 amide bonds. The number of hydrogen-bond acceptors (Lipinski definition) is 6. The standard InChI is InChI=1S/C24H22N6O2/c31-23(29-18-3-1-2-4-18)15-5-7-19(8-6-15)28-22-21-16(9-10-27-24(21)32)11-20(30-22)17-12-25-14-26-13-17/h5-14,18H,1-4H2,(H,27,32)(H,28,30)(H,29,31). The summed E-state index contributed by atoms with van der Waals surface area (Å²) < 4.78 is 0. The molecule has 0 saturated heterocycles. The molecule has 32 heavy (non-hydrogen) atoms. The molecule has 8 nitrogen and oxygen atoms in total. The number of aromatic nitrogens is 4. The summed E-state index contributed by atoms with van der Waals surface area (Å²) in [5.74, 6) is 0.362.